The van der Waals surface area contributed by atoms with Crippen LogP contribution in [0.25, 0.3) is 0 Å². The number of aromatic nitrogens is 1. The maximum atomic E-state index is 12.8. The van der Waals surface area contributed by atoms with Gasteiger partial charge in [0.2, 0.25) is 5.69 Å². The largest absolute Gasteiger partial charge is 0.466 e. The number of esters is 1. The second-order valence-electron chi connectivity index (χ2n) is 3.37. The van der Waals surface area contributed by atoms with Crippen LogP contribution in [0.15, 0.2) is 6.07 Å². The zero-order chi connectivity index (χ0) is 14.6. The average Bonchev–Trinajstić information content (AvgIpc) is 2.31. The SMILES string of the molecule is CCOC(=O)Cc1c(I)cc([N+](=O)[O-])nc1C(F)F. The number of alkyl halides is 2. The number of carbonyl (C=O) groups excluding carboxylic acids is 1. The summed E-state index contributed by atoms with van der Waals surface area (Å²) < 4.78 is 30.5. The Balaban J connectivity index is 3.22. The molecule has 0 N–H and O–H groups in total. The Hall–Kier alpha value is -1.39. The molecule has 0 saturated carbocycles. The number of pyridine rings is 1. The number of halogens is 3. The van der Waals surface area contributed by atoms with Gasteiger partial charge in [0.05, 0.1) is 13.0 Å². The van der Waals surface area contributed by atoms with Gasteiger partial charge >= 0.3 is 18.2 Å². The molecular formula is C10H9F2IN2O4. The van der Waals surface area contributed by atoms with Gasteiger partial charge < -0.3 is 14.9 Å². The molecule has 0 fully saturated rings. The van der Waals surface area contributed by atoms with Gasteiger partial charge in [-0.3, -0.25) is 4.79 Å². The van der Waals surface area contributed by atoms with E-state index >= 15 is 0 Å². The van der Waals surface area contributed by atoms with Crippen molar-refractivity contribution in [2.24, 2.45) is 0 Å². The number of nitro groups is 1. The summed E-state index contributed by atoms with van der Waals surface area (Å²) in [5.41, 5.74) is -0.800. The first-order chi connectivity index (χ1) is 8.86. The molecule has 0 amide bonds. The highest BCUT2D eigenvalue weighted by atomic mass is 127. The molecule has 19 heavy (non-hydrogen) atoms. The molecule has 0 aliphatic rings. The minimum Gasteiger partial charge on any atom is -0.466 e. The van der Waals surface area contributed by atoms with E-state index in [0.717, 1.165) is 6.07 Å². The lowest BCUT2D eigenvalue weighted by atomic mass is 10.1. The van der Waals surface area contributed by atoms with Crippen LogP contribution in [-0.4, -0.2) is 22.5 Å². The summed E-state index contributed by atoms with van der Waals surface area (Å²) in [7, 11) is 0. The quantitative estimate of drug-likeness (QED) is 0.336. The highest BCUT2D eigenvalue weighted by Crippen LogP contribution is 2.28. The van der Waals surface area contributed by atoms with Crippen molar-refractivity contribution < 1.29 is 23.2 Å². The Morgan fingerprint density at radius 1 is 1.63 bits per heavy atom. The molecule has 1 aromatic rings. The lowest BCUT2D eigenvalue weighted by molar-refractivity contribution is -0.389. The Kier molecular flexibility index (Phi) is 5.51. The molecule has 0 radical (unpaired) electrons. The summed E-state index contributed by atoms with van der Waals surface area (Å²) in [6.07, 6.45) is -3.39. The molecule has 0 saturated heterocycles. The minimum atomic E-state index is -3.00. The number of hydrogen-bond donors (Lipinski definition) is 0. The number of carbonyl (C=O) groups is 1. The van der Waals surface area contributed by atoms with Crippen LogP contribution < -0.4 is 0 Å². The Labute approximate surface area is 120 Å². The van der Waals surface area contributed by atoms with E-state index in [4.69, 9.17) is 0 Å². The second-order valence-corrected chi connectivity index (χ2v) is 4.53. The summed E-state index contributed by atoms with van der Waals surface area (Å²) in [6.45, 7) is 1.71. The summed E-state index contributed by atoms with van der Waals surface area (Å²) in [6, 6.07) is 1.04. The van der Waals surface area contributed by atoms with Gasteiger partial charge in [-0.05, 0) is 39.4 Å². The topological polar surface area (TPSA) is 82.3 Å². The molecule has 0 aliphatic heterocycles. The molecule has 6 nitrogen and oxygen atoms in total. The van der Waals surface area contributed by atoms with E-state index in [1.54, 1.807) is 29.5 Å². The fraction of sp³-hybridized carbons (Fsp3) is 0.400. The third-order valence-corrected chi connectivity index (χ3v) is 3.07. The third-order valence-electron chi connectivity index (χ3n) is 2.11. The van der Waals surface area contributed by atoms with E-state index in [0.29, 0.717) is 0 Å². The van der Waals surface area contributed by atoms with Gasteiger partial charge in [0.1, 0.15) is 0 Å². The van der Waals surface area contributed by atoms with Crippen LogP contribution >= 0.6 is 22.6 Å². The Morgan fingerprint density at radius 2 is 2.26 bits per heavy atom. The van der Waals surface area contributed by atoms with Crippen molar-refractivity contribution in [2.75, 3.05) is 6.61 Å². The average molecular weight is 386 g/mol. The van der Waals surface area contributed by atoms with E-state index in [-0.39, 0.29) is 15.7 Å². The normalized spacial score (nSPS) is 10.6. The zero-order valence-electron chi connectivity index (χ0n) is 9.73. The van der Waals surface area contributed by atoms with Crippen LogP contribution in [0.4, 0.5) is 14.6 Å². The first kappa shape index (κ1) is 15.7. The number of nitrogens with zero attached hydrogens (tertiary/aromatic N) is 2. The van der Waals surface area contributed by atoms with Gasteiger partial charge in [-0.2, -0.15) is 0 Å². The molecule has 9 heteroatoms. The Bertz CT molecular complexity index is 511. The highest BCUT2D eigenvalue weighted by Gasteiger charge is 2.27. The lowest BCUT2D eigenvalue weighted by Crippen LogP contribution is -2.13. The lowest BCUT2D eigenvalue weighted by Gasteiger charge is -2.07. The van der Waals surface area contributed by atoms with Crippen LogP contribution in [0.1, 0.15) is 24.6 Å². The number of ether oxygens (including phenoxy) is 1. The van der Waals surface area contributed by atoms with E-state index in [1.165, 1.54) is 0 Å². The summed E-state index contributed by atoms with van der Waals surface area (Å²) in [5, 5.41) is 10.6. The van der Waals surface area contributed by atoms with Crippen molar-refractivity contribution in [1.29, 1.82) is 0 Å². The van der Waals surface area contributed by atoms with Crippen molar-refractivity contribution in [2.45, 2.75) is 19.8 Å². The molecule has 0 bridgehead atoms. The fourth-order valence-corrected chi connectivity index (χ4v) is 2.10. The molecular weight excluding hydrogens is 377 g/mol. The highest BCUT2D eigenvalue weighted by molar-refractivity contribution is 14.1. The summed E-state index contributed by atoms with van der Waals surface area (Å²) >= 11 is 1.65. The molecule has 104 valence electrons. The van der Waals surface area contributed by atoms with Crippen LogP contribution in [0.2, 0.25) is 0 Å². The molecule has 0 aromatic carbocycles. The van der Waals surface area contributed by atoms with Crippen molar-refractivity contribution in [3.63, 3.8) is 0 Å². The fourth-order valence-electron chi connectivity index (χ4n) is 1.35. The van der Waals surface area contributed by atoms with Crippen molar-refractivity contribution in [3.8, 4) is 0 Å². The van der Waals surface area contributed by atoms with E-state index in [2.05, 4.69) is 9.72 Å². The summed E-state index contributed by atoms with van der Waals surface area (Å²) in [5.74, 6) is -1.36. The second kappa shape index (κ2) is 6.68. The molecule has 1 heterocycles. The predicted molar refractivity (Wildman–Crippen MR) is 68.9 cm³/mol. The smallest absolute Gasteiger partial charge is 0.364 e. The van der Waals surface area contributed by atoms with Gasteiger partial charge in [-0.1, -0.05) is 0 Å². The van der Waals surface area contributed by atoms with Crippen LogP contribution in [0.5, 0.6) is 0 Å². The van der Waals surface area contributed by atoms with Gasteiger partial charge in [0.25, 0.3) is 0 Å². The zero-order valence-corrected chi connectivity index (χ0v) is 11.9. The first-order valence-corrected chi connectivity index (χ1v) is 6.22. The van der Waals surface area contributed by atoms with Crippen LogP contribution in [0, 0.1) is 13.7 Å². The summed E-state index contributed by atoms with van der Waals surface area (Å²) in [4.78, 5) is 24.3. The molecule has 0 aliphatic carbocycles. The molecule has 1 rings (SSSR count). The molecule has 1 aromatic heterocycles. The van der Waals surface area contributed by atoms with E-state index in [1.807, 2.05) is 0 Å². The van der Waals surface area contributed by atoms with Crippen molar-refractivity contribution >= 4 is 34.4 Å². The van der Waals surface area contributed by atoms with Gasteiger partial charge in [-0.25, -0.2) is 8.78 Å². The standard InChI is InChI=1S/C10H9F2IN2O4/c1-2-19-8(16)3-5-6(13)4-7(15(17)18)14-9(5)10(11)12/h4,10H,2-3H2,1H3. The minimum absolute atomic E-state index is 0.0420. The van der Waals surface area contributed by atoms with Crippen LogP contribution in [-0.2, 0) is 16.0 Å². The van der Waals surface area contributed by atoms with Gasteiger partial charge in [0, 0.05) is 15.2 Å². The maximum Gasteiger partial charge on any atom is 0.364 e. The van der Waals surface area contributed by atoms with E-state index in [9.17, 15) is 23.7 Å². The predicted octanol–water partition coefficient (Wildman–Crippen LogP) is 2.64. The molecule has 0 atom stereocenters. The number of hydrogen-bond acceptors (Lipinski definition) is 5. The maximum absolute atomic E-state index is 12.8. The molecule has 0 unspecified atom stereocenters. The van der Waals surface area contributed by atoms with Crippen molar-refractivity contribution in [1.82, 2.24) is 4.98 Å². The monoisotopic (exact) mass is 386 g/mol. The van der Waals surface area contributed by atoms with Gasteiger partial charge in [-0.15, -0.1) is 0 Å². The first-order valence-electron chi connectivity index (χ1n) is 5.14. The Morgan fingerprint density at radius 3 is 2.74 bits per heavy atom. The third kappa shape index (κ3) is 4.04. The van der Waals surface area contributed by atoms with Gasteiger partial charge in [0.15, 0.2) is 0 Å². The van der Waals surface area contributed by atoms with E-state index < -0.39 is 35.3 Å². The molecule has 0 spiro atoms. The van der Waals surface area contributed by atoms with Crippen LogP contribution in [0.3, 0.4) is 0 Å². The van der Waals surface area contributed by atoms with Crippen molar-refractivity contribution in [3.05, 3.63) is 31.0 Å². The number of rotatable bonds is 5.